The van der Waals surface area contributed by atoms with Gasteiger partial charge >= 0.3 is 6.09 Å². The molecule has 0 aliphatic carbocycles. The predicted molar refractivity (Wildman–Crippen MR) is 92.4 cm³/mol. The van der Waals surface area contributed by atoms with Crippen molar-refractivity contribution >= 4 is 6.09 Å². The number of nitriles is 1. The van der Waals surface area contributed by atoms with E-state index < -0.39 is 11.4 Å². The molecule has 4 nitrogen and oxygen atoms in total. The fourth-order valence-corrected chi connectivity index (χ4v) is 3.70. The smallest absolute Gasteiger partial charge is 0.411 e. The first-order valence-electron chi connectivity index (χ1n) is 8.66. The number of benzene rings is 1. The van der Waals surface area contributed by atoms with Crippen molar-refractivity contribution in [1.29, 1.82) is 5.26 Å². The molecule has 2 atom stereocenters. The standard InChI is InChI=1S/C20H23FN2O2/c1-20(2,3)25-19(24)23-17-6-7-18(23)10-13(9-17)8-14-4-5-16(21)11-15(14)12-22/h4-5,9,11,17-18H,6-8,10H2,1-3H3. The van der Waals surface area contributed by atoms with Gasteiger partial charge in [0.2, 0.25) is 0 Å². The first-order chi connectivity index (χ1) is 11.8. The van der Waals surface area contributed by atoms with Gasteiger partial charge in [0.15, 0.2) is 0 Å². The van der Waals surface area contributed by atoms with Crippen LogP contribution in [0.3, 0.4) is 0 Å². The first kappa shape index (κ1) is 17.5. The maximum Gasteiger partial charge on any atom is 0.411 e. The predicted octanol–water partition coefficient (Wildman–Crippen LogP) is 4.34. The molecule has 132 valence electrons. The van der Waals surface area contributed by atoms with Crippen LogP contribution in [0.15, 0.2) is 29.8 Å². The van der Waals surface area contributed by atoms with E-state index in [0.717, 1.165) is 24.8 Å². The zero-order valence-electron chi connectivity index (χ0n) is 14.9. The lowest BCUT2D eigenvalue weighted by atomic mass is 9.93. The minimum absolute atomic E-state index is 0.0505. The van der Waals surface area contributed by atoms with Gasteiger partial charge in [0.05, 0.1) is 17.7 Å². The zero-order chi connectivity index (χ0) is 18.2. The Labute approximate surface area is 147 Å². The Bertz CT molecular complexity index is 758. The summed E-state index contributed by atoms with van der Waals surface area (Å²) in [4.78, 5) is 14.3. The summed E-state index contributed by atoms with van der Waals surface area (Å²) < 4.78 is 18.8. The molecule has 1 saturated heterocycles. The van der Waals surface area contributed by atoms with Crippen LogP contribution in [-0.4, -0.2) is 28.7 Å². The maximum absolute atomic E-state index is 13.3. The van der Waals surface area contributed by atoms with Gasteiger partial charge in [-0.3, -0.25) is 4.90 Å². The molecular weight excluding hydrogens is 319 g/mol. The summed E-state index contributed by atoms with van der Waals surface area (Å²) in [5.41, 5.74) is 1.91. The van der Waals surface area contributed by atoms with E-state index in [2.05, 4.69) is 12.1 Å². The number of carbonyl (C=O) groups is 1. The highest BCUT2D eigenvalue weighted by atomic mass is 19.1. The van der Waals surface area contributed by atoms with E-state index in [1.165, 1.54) is 17.7 Å². The van der Waals surface area contributed by atoms with E-state index in [1.807, 2.05) is 25.7 Å². The molecule has 0 saturated carbocycles. The fourth-order valence-electron chi connectivity index (χ4n) is 3.70. The molecule has 1 amide bonds. The number of nitrogens with zero attached hydrogens (tertiary/aromatic N) is 2. The Morgan fingerprint density at radius 3 is 2.80 bits per heavy atom. The van der Waals surface area contributed by atoms with Gasteiger partial charge in [0.25, 0.3) is 0 Å². The molecule has 2 heterocycles. The minimum atomic E-state index is -0.504. The van der Waals surface area contributed by atoms with Gasteiger partial charge in [-0.2, -0.15) is 5.26 Å². The van der Waals surface area contributed by atoms with Crippen molar-refractivity contribution in [3.8, 4) is 6.07 Å². The third kappa shape index (κ3) is 3.84. The van der Waals surface area contributed by atoms with Crippen LogP contribution in [0.1, 0.15) is 51.2 Å². The third-order valence-electron chi connectivity index (χ3n) is 4.69. The van der Waals surface area contributed by atoms with Crippen LogP contribution in [0, 0.1) is 17.1 Å². The molecule has 0 spiro atoms. The molecular formula is C20H23FN2O2. The first-order valence-corrected chi connectivity index (χ1v) is 8.66. The lowest BCUT2D eigenvalue weighted by Crippen LogP contribution is -2.45. The molecule has 0 N–H and O–H groups in total. The highest BCUT2D eigenvalue weighted by Crippen LogP contribution is 2.37. The monoisotopic (exact) mass is 342 g/mol. The fraction of sp³-hybridized carbons (Fsp3) is 0.500. The van der Waals surface area contributed by atoms with Crippen molar-refractivity contribution < 1.29 is 13.9 Å². The van der Waals surface area contributed by atoms with E-state index >= 15 is 0 Å². The number of halogens is 1. The van der Waals surface area contributed by atoms with Crippen LogP contribution in [0.5, 0.6) is 0 Å². The molecule has 0 radical (unpaired) electrons. The normalized spacial score (nSPS) is 22.4. The molecule has 1 aromatic carbocycles. The molecule has 5 heteroatoms. The van der Waals surface area contributed by atoms with Crippen LogP contribution in [0.2, 0.25) is 0 Å². The van der Waals surface area contributed by atoms with E-state index in [4.69, 9.17) is 4.74 Å². The van der Waals surface area contributed by atoms with Crippen molar-refractivity contribution in [1.82, 2.24) is 4.90 Å². The second-order valence-corrected chi connectivity index (χ2v) is 7.81. The van der Waals surface area contributed by atoms with Gasteiger partial charge in [0.1, 0.15) is 11.4 Å². The number of carbonyl (C=O) groups excluding carboxylic acids is 1. The Morgan fingerprint density at radius 2 is 2.16 bits per heavy atom. The Morgan fingerprint density at radius 1 is 1.40 bits per heavy atom. The van der Waals surface area contributed by atoms with Crippen molar-refractivity contribution in [3.05, 3.63) is 46.8 Å². The summed E-state index contributed by atoms with van der Waals surface area (Å²) in [7, 11) is 0. The molecule has 1 aromatic rings. The summed E-state index contributed by atoms with van der Waals surface area (Å²) in [6, 6.07) is 6.61. The molecule has 25 heavy (non-hydrogen) atoms. The SMILES string of the molecule is CC(C)(C)OC(=O)N1C2C=C(Cc3ccc(F)cc3C#N)CC1CC2. The molecule has 0 aromatic heterocycles. The number of rotatable bonds is 2. The lowest BCUT2D eigenvalue weighted by Gasteiger charge is -2.35. The van der Waals surface area contributed by atoms with E-state index in [1.54, 1.807) is 6.07 Å². The number of amides is 1. The van der Waals surface area contributed by atoms with E-state index in [9.17, 15) is 14.4 Å². The highest BCUT2D eigenvalue weighted by molar-refractivity contribution is 5.70. The van der Waals surface area contributed by atoms with Gasteiger partial charge in [-0.15, -0.1) is 0 Å². The number of hydrogen-bond donors (Lipinski definition) is 0. The van der Waals surface area contributed by atoms with E-state index in [0.29, 0.717) is 12.0 Å². The van der Waals surface area contributed by atoms with Crippen LogP contribution < -0.4 is 0 Å². The van der Waals surface area contributed by atoms with Crippen LogP contribution in [0.25, 0.3) is 0 Å². The third-order valence-corrected chi connectivity index (χ3v) is 4.69. The average Bonchev–Trinajstić information content (AvgIpc) is 2.79. The second kappa shape index (κ2) is 6.51. The lowest BCUT2D eigenvalue weighted by molar-refractivity contribution is 0.0166. The largest absolute Gasteiger partial charge is 0.444 e. The Kier molecular flexibility index (Phi) is 4.55. The average molecular weight is 342 g/mol. The van der Waals surface area contributed by atoms with E-state index in [-0.39, 0.29) is 18.2 Å². The Balaban J connectivity index is 1.76. The van der Waals surface area contributed by atoms with Crippen LogP contribution in [-0.2, 0) is 11.2 Å². The van der Waals surface area contributed by atoms with Crippen molar-refractivity contribution in [2.75, 3.05) is 0 Å². The topological polar surface area (TPSA) is 53.3 Å². The van der Waals surface area contributed by atoms with Crippen molar-refractivity contribution in [2.24, 2.45) is 0 Å². The maximum atomic E-state index is 13.3. The quantitative estimate of drug-likeness (QED) is 0.751. The van der Waals surface area contributed by atoms with Gasteiger partial charge in [-0.1, -0.05) is 17.7 Å². The number of ether oxygens (including phenoxy) is 1. The highest BCUT2D eigenvalue weighted by Gasteiger charge is 2.41. The number of fused-ring (bicyclic) bond motifs is 2. The van der Waals surface area contributed by atoms with Crippen LogP contribution >= 0.6 is 0 Å². The summed E-state index contributed by atoms with van der Waals surface area (Å²) in [5.74, 6) is -0.394. The molecule has 1 fully saturated rings. The summed E-state index contributed by atoms with van der Waals surface area (Å²) in [5, 5.41) is 9.21. The molecule has 2 bridgehead atoms. The van der Waals surface area contributed by atoms with Crippen molar-refractivity contribution in [2.45, 2.75) is 64.1 Å². The number of hydrogen-bond acceptors (Lipinski definition) is 3. The minimum Gasteiger partial charge on any atom is -0.444 e. The Hall–Kier alpha value is -2.35. The van der Waals surface area contributed by atoms with Gasteiger partial charge in [0, 0.05) is 6.04 Å². The summed E-state index contributed by atoms with van der Waals surface area (Å²) in [6.45, 7) is 5.61. The van der Waals surface area contributed by atoms with Gasteiger partial charge in [-0.05, 0) is 64.2 Å². The zero-order valence-corrected chi connectivity index (χ0v) is 14.9. The summed E-state index contributed by atoms with van der Waals surface area (Å²) >= 11 is 0. The molecule has 2 unspecified atom stereocenters. The van der Waals surface area contributed by atoms with Gasteiger partial charge < -0.3 is 4.74 Å². The molecule has 3 rings (SSSR count). The second-order valence-electron chi connectivity index (χ2n) is 7.81. The molecule has 2 aliphatic heterocycles. The van der Waals surface area contributed by atoms with Crippen molar-refractivity contribution in [3.63, 3.8) is 0 Å². The van der Waals surface area contributed by atoms with Gasteiger partial charge in [-0.25, -0.2) is 9.18 Å². The molecule has 2 aliphatic rings. The van der Waals surface area contributed by atoms with Crippen LogP contribution in [0.4, 0.5) is 9.18 Å². The summed E-state index contributed by atoms with van der Waals surface area (Å²) in [6.07, 6.45) is 5.16.